The molecule has 1 N–H and O–H groups in total. The van der Waals surface area contributed by atoms with Gasteiger partial charge < -0.3 is 10.0 Å². The second-order valence-electron chi connectivity index (χ2n) is 4.03. The van der Waals surface area contributed by atoms with Crippen LogP contribution >= 0.6 is 0 Å². The lowest BCUT2D eigenvalue weighted by Gasteiger charge is -2.33. The van der Waals surface area contributed by atoms with Gasteiger partial charge in [-0.05, 0) is 26.3 Å². The van der Waals surface area contributed by atoms with Gasteiger partial charge in [0, 0.05) is 12.6 Å². The van der Waals surface area contributed by atoms with Crippen LogP contribution in [0, 0.1) is 0 Å². The Hall–Kier alpha value is -0.290. The van der Waals surface area contributed by atoms with Crippen LogP contribution < -0.4 is 0 Å². The Morgan fingerprint density at radius 1 is 1.36 bits per heavy atom. The van der Waals surface area contributed by atoms with E-state index in [1.807, 2.05) is 0 Å². The smallest absolute Gasteiger partial charge is 0.379 e. The fraction of sp³-hybridized carbons (Fsp3) is 1.00. The number of likely N-dealkylation sites (N-methyl/N-ethyl adjacent to an activating group) is 1. The van der Waals surface area contributed by atoms with Crippen molar-refractivity contribution in [3.8, 4) is 0 Å². The van der Waals surface area contributed by atoms with Gasteiger partial charge in [0.05, 0.1) is 0 Å². The molecule has 0 aromatic rings. The minimum absolute atomic E-state index is 0.232. The summed E-state index contributed by atoms with van der Waals surface area (Å²) >= 11 is 0. The van der Waals surface area contributed by atoms with Gasteiger partial charge in [-0.25, -0.2) is 0 Å². The molecule has 0 amide bonds. The van der Waals surface area contributed by atoms with Crippen LogP contribution in [-0.4, -0.2) is 41.4 Å². The minimum atomic E-state index is -4.54. The SMILES string of the molecule is CCC(O)(CN(C)C1CC1)C(F)(F)F. The molecule has 5 heteroatoms. The van der Waals surface area contributed by atoms with Crippen molar-refractivity contribution < 1.29 is 18.3 Å². The second-order valence-corrected chi connectivity index (χ2v) is 4.03. The first-order chi connectivity index (χ1) is 6.30. The van der Waals surface area contributed by atoms with Crippen LogP contribution in [0.15, 0.2) is 0 Å². The fourth-order valence-electron chi connectivity index (χ4n) is 1.46. The van der Waals surface area contributed by atoms with Crippen molar-refractivity contribution in [2.75, 3.05) is 13.6 Å². The third-order valence-corrected chi connectivity index (χ3v) is 2.79. The Bertz CT molecular complexity index is 203. The van der Waals surface area contributed by atoms with E-state index in [9.17, 15) is 18.3 Å². The average Bonchev–Trinajstić information content (AvgIpc) is 2.83. The predicted octanol–water partition coefficient (Wildman–Crippen LogP) is 1.78. The van der Waals surface area contributed by atoms with Crippen LogP contribution in [0.4, 0.5) is 13.2 Å². The van der Waals surface area contributed by atoms with Gasteiger partial charge in [0.15, 0.2) is 5.60 Å². The predicted molar refractivity (Wildman–Crippen MR) is 46.9 cm³/mol. The van der Waals surface area contributed by atoms with Crippen molar-refractivity contribution >= 4 is 0 Å². The molecule has 14 heavy (non-hydrogen) atoms. The standard InChI is InChI=1S/C9H16F3NO/c1-3-8(14,9(10,11)12)6-13(2)7-4-5-7/h7,14H,3-6H2,1-2H3. The summed E-state index contributed by atoms with van der Waals surface area (Å²) in [6.45, 7) is 1.03. The first-order valence-corrected chi connectivity index (χ1v) is 4.79. The summed E-state index contributed by atoms with van der Waals surface area (Å²) in [6.07, 6.45) is -2.96. The molecule has 0 spiro atoms. The van der Waals surface area contributed by atoms with Gasteiger partial charge >= 0.3 is 6.18 Å². The molecule has 1 saturated carbocycles. The van der Waals surface area contributed by atoms with E-state index in [-0.39, 0.29) is 19.0 Å². The van der Waals surface area contributed by atoms with E-state index in [0.717, 1.165) is 12.8 Å². The molecule has 0 aromatic heterocycles. The van der Waals surface area contributed by atoms with Gasteiger partial charge in [-0.3, -0.25) is 0 Å². The van der Waals surface area contributed by atoms with E-state index in [1.54, 1.807) is 11.9 Å². The van der Waals surface area contributed by atoms with Crippen LogP contribution in [0.25, 0.3) is 0 Å². The molecule has 0 aliphatic heterocycles. The number of nitrogens with zero attached hydrogens (tertiary/aromatic N) is 1. The van der Waals surface area contributed by atoms with E-state index in [4.69, 9.17) is 0 Å². The Morgan fingerprint density at radius 2 is 1.86 bits per heavy atom. The normalized spacial score (nSPS) is 22.5. The Kier molecular flexibility index (Phi) is 3.11. The van der Waals surface area contributed by atoms with Crippen molar-refractivity contribution in [1.82, 2.24) is 4.90 Å². The zero-order valence-electron chi connectivity index (χ0n) is 8.43. The highest BCUT2D eigenvalue weighted by Crippen LogP contribution is 2.36. The van der Waals surface area contributed by atoms with Crippen LogP contribution in [0.2, 0.25) is 0 Å². The molecular formula is C9H16F3NO. The maximum Gasteiger partial charge on any atom is 0.418 e. The third kappa shape index (κ3) is 2.39. The summed E-state index contributed by atoms with van der Waals surface area (Å²) in [7, 11) is 1.63. The van der Waals surface area contributed by atoms with Gasteiger partial charge in [0.1, 0.15) is 0 Å². The molecule has 0 heterocycles. The summed E-state index contributed by atoms with van der Waals surface area (Å²) in [4.78, 5) is 1.59. The molecule has 0 bridgehead atoms. The minimum Gasteiger partial charge on any atom is -0.379 e. The lowest BCUT2D eigenvalue weighted by molar-refractivity contribution is -0.265. The number of aliphatic hydroxyl groups is 1. The van der Waals surface area contributed by atoms with E-state index in [1.165, 1.54) is 6.92 Å². The maximum absolute atomic E-state index is 12.5. The largest absolute Gasteiger partial charge is 0.418 e. The van der Waals surface area contributed by atoms with Crippen LogP contribution in [-0.2, 0) is 0 Å². The molecule has 1 unspecified atom stereocenters. The van der Waals surface area contributed by atoms with Crippen molar-refractivity contribution in [2.24, 2.45) is 0 Å². The first-order valence-electron chi connectivity index (χ1n) is 4.79. The van der Waals surface area contributed by atoms with Crippen LogP contribution in [0.3, 0.4) is 0 Å². The molecule has 0 radical (unpaired) electrons. The molecule has 2 nitrogen and oxygen atoms in total. The maximum atomic E-state index is 12.5. The second kappa shape index (κ2) is 3.70. The highest BCUT2D eigenvalue weighted by molar-refractivity contribution is 4.92. The summed E-state index contributed by atoms with van der Waals surface area (Å²) in [5, 5.41) is 9.44. The van der Waals surface area contributed by atoms with Crippen molar-refractivity contribution in [2.45, 2.75) is 44.0 Å². The number of hydrogen-bond donors (Lipinski definition) is 1. The molecule has 1 aliphatic rings. The quantitative estimate of drug-likeness (QED) is 0.766. The van der Waals surface area contributed by atoms with E-state index >= 15 is 0 Å². The lowest BCUT2D eigenvalue weighted by atomic mass is 9.99. The lowest BCUT2D eigenvalue weighted by Crippen LogP contribution is -2.52. The summed E-state index contributed by atoms with van der Waals surface area (Å²) < 4.78 is 37.4. The van der Waals surface area contributed by atoms with Crippen molar-refractivity contribution in [3.63, 3.8) is 0 Å². The van der Waals surface area contributed by atoms with Crippen LogP contribution in [0.5, 0.6) is 0 Å². The molecule has 1 fully saturated rings. The molecule has 1 aliphatic carbocycles. The molecule has 0 saturated heterocycles. The van der Waals surface area contributed by atoms with Gasteiger partial charge in [-0.1, -0.05) is 6.92 Å². The summed E-state index contributed by atoms with van der Waals surface area (Å²) in [5.74, 6) is 0. The molecule has 84 valence electrons. The van der Waals surface area contributed by atoms with Gasteiger partial charge in [0.25, 0.3) is 0 Å². The number of halogens is 3. The van der Waals surface area contributed by atoms with Crippen molar-refractivity contribution in [3.05, 3.63) is 0 Å². The topological polar surface area (TPSA) is 23.5 Å². The third-order valence-electron chi connectivity index (χ3n) is 2.79. The van der Waals surface area contributed by atoms with Gasteiger partial charge in [0.2, 0.25) is 0 Å². The number of rotatable bonds is 4. The summed E-state index contributed by atoms with van der Waals surface area (Å²) in [6, 6.07) is 0.232. The van der Waals surface area contributed by atoms with E-state index in [2.05, 4.69) is 0 Å². The van der Waals surface area contributed by atoms with Crippen molar-refractivity contribution in [1.29, 1.82) is 0 Å². The van der Waals surface area contributed by atoms with E-state index in [0.29, 0.717) is 0 Å². The average molecular weight is 211 g/mol. The zero-order valence-corrected chi connectivity index (χ0v) is 8.43. The molecule has 0 aromatic carbocycles. The van der Waals surface area contributed by atoms with E-state index < -0.39 is 11.8 Å². The molecule has 1 rings (SSSR count). The zero-order chi connectivity index (χ0) is 11.0. The number of hydrogen-bond acceptors (Lipinski definition) is 2. The Morgan fingerprint density at radius 3 is 2.14 bits per heavy atom. The highest BCUT2D eigenvalue weighted by atomic mass is 19.4. The molecule has 1 atom stereocenters. The number of alkyl halides is 3. The Balaban J connectivity index is 2.59. The van der Waals surface area contributed by atoms with Gasteiger partial charge in [-0.2, -0.15) is 13.2 Å². The first kappa shape index (κ1) is 11.8. The molecular weight excluding hydrogens is 195 g/mol. The Labute approximate surface area is 81.7 Å². The van der Waals surface area contributed by atoms with Crippen LogP contribution in [0.1, 0.15) is 26.2 Å². The monoisotopic (exact) mass is 211 g/mol. The summed E-state index contributed by atoms with van der Waals surface area (Å²) in [5.41, 5.74) is -2.55. The van der Waals surface area contributed by atoms with Gasteiger partial charge in [-0.15, -0.1) is 0 Å². The fourth-order valence-corrected chi connectivity index (χ4v) is 1.46. The highest BCUT2D eigenvalue weighted by Gasteiger charge is 2.53.